The Morgan fingerprint density at radius 1 is 1.19 bits per heavy atom. The maximum absolute atomic E-state index is 13.2. The second-order valence-electron chi connectivity index (χ2n) is 11.1. The fourth-order valence-corrected chi connectivity index (χ4v) is 5.81. The Morgan fingerprint density at radius 3 is 2.65 bits per heavy atom. The summed E-state index contributed by atoms with van der Waals surface area (Å²) < 4.78 is 51.6. The van der Waals surface area contributed by atoms with E-state index in [0.29, 0.717) is 23.3 Å². The van der Waals surface area contributed by atoms with Gasteiger partial charge in [0.1, 0.15) is 5.60 Å². The van der Waals surface area contributed by atoms with Gasteiger partial charge in [-0.15, -0.1) is 0 Å². The van der Waals surface area contributed by atoms with Crippen molar-refractivity contribution in [3.8, 4) is 0 Å². The van der Waals surface area contributed by atoms with E-state index in [9.17, 15) is 27.6 Å². The first-order chi connectivity index (χ1) is 20.2. The third kappa shape index (κ3) is 7.00. The molecule has 228 valence electrons. The van der Waals surface area contributed by atoms with Gasteiger partial charge in [0.05, 0.1) is 54.5 Å². The minimum Gasteiger partial charge on any atom is -0.444 e. The number of nitrogens with zero attached hydrogens (tertiary/aromatic N) is 4. The summed E-state index contributed by atoms with van der Waals surface area (Å²) >= 11 is 6.93. The Bertz CT molecular complexity index is 1620. The molecule has 5 rings (SSSR count). The summed E-state index contributed by atoms with van der Waals surface area (Å²) in [5, 5.41) is 4.61. The van der Waals surface area contributed by atoms with Crippen molar-refractivity contribution in [2.75, 3.05) is 26.3 Å². The van der Waals surface area contributed by atoms with Crippen LogP contribution in [0.15, 0.2) is 47.5 Å². The van der Waals surface area contributed by atoms with Gasteiger partial charge in [0, 0.05) is 17.0 Å². The molecule has 0 saturated carbocycles. The molecule has 43 heavy (non-hydrogen) atoms. The van der Waals surface area contributed by atoms with Crippen LogP contribution in [-0.4, -0.2) is 74.8 Å². The fourth-order valence-electron chi connectivity index (χ4n) is 4.72. The number of carbonyl (C=O) groups is 3. The summed E-state index contributed by atoms with van der Waals surface area (Å²) in [6.45, 7) is 6.19. The Hall–Kier alpha value is -3.55. The van der Waals surface area contributed by atoms with Crippen molar-refractivity contribution >= 4 is 57.6 Å². The molecule has 0 unspecified atom stereocenters. The van der Waals surface area contributed by atoms with E-state index >= 15 is 0 Å². The molecule has 2 aliphatic rings. The predicted octanol–water partition coefficient (Wildman–Crippen LogP) is 6.43. The number of imide groups is 1. The first kappa shape index (κ1) is 30.9. The molecule has 3 amide bonds. The number of carbonyl (C=O) groups excluding carboxylic acids is 3. The number of thioether (sulfide) groups is 1. The molecule has 2 aliphatic heterocycles. The molecule has 3 aromatic rings. The van der Waals surface area contributed by atoms with Crippen molar-refractivity contribution in [2.45, 2.75) is 45.1 Å². The van der Waals surface area contributed by atoms with Gasteiger partial charge in [0.2, 0.25) is 0 Å². The summed E-state index contributed by atoms with van der Waals surface area (Å²) in [7, 11) is 0. The van der Waals surface area contributed by atoms with Crippen molar-refractivity contribution in [1.82, 2.24) is 19.6 Å². The lowest BCUT2D eigenvalue weighted by molar-refractivity contribution is -0.137. The molecule has 0 radical (unpaired) electrons. The van der Waals surface area contributed by atoms with Crippen LogP contribution >= 0.6 is 23.4 Å². The first-order valence-corrected chi connectivity index (χ1v) is 14.5. The van der Waals surface area contributed by atoms with Crippen molar-refractivity contribution in [1.29, 1.82) is 0 Å². The number of halogens is 4. The van der Waals surface area contributed by atoms with E-state index in [2.05, 4.69) is 5.10 Å². The second-order valence-corrected chi connectivity index (χ2v) is 12.5. The fraction of sp³-hybridized carbons (Fsp3) is 0.379. The van der Waals surface area contributed by atoms with E-state index in [4.69, 9.17) is 21.1 Å². The van der Waals surface area contributed by atoms with E-state index in [1.54, 1.807) is 55.9 Å². The van der Waals surface area contributed by atoms with Gasteiger partial charge in [-0.1, -0.05) is 23.7 Å². The largest absolute Gasteiger partial charge is 0.444 e. The molecule has 2 saturated heterocycles. The molecule has 14 heteroatoms. The molecule has 2 aromatic carbocycles. The molecule has 2 fully saturated rings. The zero-order valence-corrected chi connectivity index (χ0v) is 25.1. The van der Waals surface area contributed by atoms with Crippen molar-refractivity contribution in [3.63, 3.8) is 0 Å². The Balaban J connectivity index is 1.30. The molecule has 1 atom stereocenters. The molecule has 1 aromatic heterocycles. The topological polar surface area (TPSA) is 94.0 Å². The minimum absolute atomic E-state index is 0.0141. The van der Waals surface area contributed by atoms with Gasteiger partial charge in [-0.3, -0.25) is 24.1 Å². The number of hydrogen-bond acceptors (Lipinski definition) is 7. The number of morpholine rings is 1. The normalized spacial score (nSPS) is 19.1. The molecule has 0 aliphatic carbocycles. The quantitative estimate of drug-likeness (QED) is 0.298. The van der Waals surface area contributed by atoms with E-state index in [0.717, 1.165) is 34.2 Å². The second kappa shape index (κ2) is 11.9. The number of rotatable bonds is 5. The lowest BCUT2D eigenvalue weighted by atomic mass is 10.1. The van der Waals surface area contributed by atoms with Gasteiger partial charge in [-0.2, -0.15) is 18.3 Å². The summed E-state index contributed by atoms with van der Waals surface area (Å²) in [6.07, 6.45) is -1.81. The summed E-state index contributed by atoms with van der Waals surface area (Å²) in [6, 6.07) is 7.97. The Kier molecular flexibility index (Phi) is 8.52. The monoisotopic (exact) mass is 636 g/mol. The first-order valence-electron chi connectivity index (χ1n) is 13.3. The summed E-state index contributed by atoms with van der Waals surface area (Å²) in [4.78, 5) is 41.6. The number of amides is 3. The maximum atomic E-state index is 13.2. The maximum Gasteiger partial charge on any atom is 0.416 e. The standard InChI is InChI=1S/C29H28ClF3N4O5S/c1-28(2,3)42-26(39)35-8-9-41-16-21(35)15-36-25(38)24(43-27(36)40)11-17-4-7-23-19(10-17)13-34-37(23)14-18-5-6-20(12-22(18)30)29(31,32)33/h4-7,10-13,21H,8-9,14-16H2,1-3H3/b24-11-/t21-/m1/s1. The summed E-state index contributed by atoms with van der Waals surface area (Å²) in [5.74, 6) is -0.475. The highest BCUT2D eigenvalue weighted by Gasteiger charge is 2.40. The number of fused-ring (bicyclic) bond motifs is 1. The lowest BCUT2D eigenvalue weighted by Gasteiger charge is -2.37. The molecular weight excluding hydrogens is 609 g/mol. The third-order valence-corrected chi connectivity index (χ3v) is 8.05. The van der Waals surface area contributed by atoms with Crippen LogP contribution in [0.4, 0.5) is 22.8 Å². The Morgan fingerprint density at radius 2 is 1.95 bits per heavy atom. The number of hydrogen-bond donors (Lipinski definition) is 0. The zero-order valence-electron chi connectivity index (χ0n) is 23.5. The highest BCUT2D eigenvalue weighted by Crippen LogP contribution is 2.34. The van der Waals surface area contributed by atoms with E-state index < -0.39 is 40.6 Å². The van der Waals surface area contributed by atoms with Crippen molar-refractivity contribution < 1.29 is 37.0 Å². The van der Waals surface area contributed by atoms with Gasteiger partial charge >= 0.3 is 12.3 Å². The average molecular weight is 637 g/mol. The van der Waals surface area contributed by atoms with Gasteiger partial charge in [0.25, 0.3) is 11.1 Å². The van der Waals surface area contributed by atoms with E-state index in [1.165, 1.54) is 11.0 Å². The Labute approximate surface area is 254 Å². The van der Waals surface area contributed by atoms with Gasteiger partial charge in [-0.05, 0) is 74.0 Å². The smallest absolute Gasteiger partial charge is 0.416 e. The third-order valence-electron chi connectivity index (χ3n) is 6.79. The molecule has 0 bridgehead atoms. The number of alkyl halides is 3. The van der Waals surface area contributed by atoms with Gasteiger partial charge in [0.15, 0.2) is 0 Å². The minimum atomic E-state index is -4.49. The molecular formula is C29H28ClF3N4O5S. The highest BCUT2D eigenvalue weighted by atomic mass is 35.5. The highest BCUT2D eigenvalue weighted by molar-refractivity contribution is 8.18. The van der Waals surface area contributed by atoms with E-state index in [1.807, 2.05) is 0 Å². The molecule has 9 nitrogen and oxygen atoms in total. The number of aromatic nitrogens is 2. The van der Waals surface area contributed by atoms with Gasteiger partial charge in [-0.25, -0.2) is 4.79 Å². The SMILES string of the molecule is CC(C)(C)OC(=O)N1CCOC[C@H]1CN1C(=O)S/C(=C\c2ccc3c(cnn3Cc3ccc(C(F)(F)F)cc3Cl)c2)C1=O. The number of ether oxygens (including phenoxy) is 2. The predicted molar refractivity (Wildman–Crippen MR) is 156 cm³/mol. The van der Waals surface area contributed by atoms with Crippen molar-refractivity contribution in [3.05, 3.63) is 69.2 Å². The van der Waals surface area contributed by atoms with Crippen LogP contribution in [0.3, 0.4) is 0 Å². The van der Waals surface area contributed by atoms with Crippen LogP contribution in [0.5, 0.6) is 0 Å². The number of benzene rings is 2. The zero-order chi connectivity index (χ0) is 31.1. The van der Waals surface area contributed by atoms with Crippen LogP contribution in [0.2, 0.25) is 5.02 Å². The van der Waals surface area contributed by atoms with Crippen LogP contribution in [0, 0.1) is 0 Å². The summed E-state index contributed by atoms with van der Waals surface area (Å²) in [5.41, 5.74) is 0.319. The molecule has 0 spiro atoms. The van der Waals surface area contributed by atoms with Gasteiger partial charge < -0.3 is 9.47 Å². The lowest BCUT2D eigenvalue weighted by Crippen LogP contribution is -2.55. The van der Waals surface area contributed by atoms with Crippen LogP contribution in [0.1, 0.15) is 37.5 Å². The van der Waals surface area contributed by atoms with Crippen molar-refractivity contribution in [2.24, 2.45) is 0 Å². The molecule has 0 N–H and O–H groups in total. The van der Waals surface area contributed by atoms with Crippen LogP contribution in [0.25, 0.3) is 17.0 Å². The average Bonchev–Trinajstić information content (AvgIpc) is 3.43. The molecule has 3 heterocycles. The van der Waals surface area contributed by atoms with E-state index in [-0.39, 0.29) is 36.2 Å². The van der Waals surface area contributed by atoms with Crippen LogP contribution in [-0.2, 0) is 27.0 Å². The van der Waals surface area contributed by atoms with Crippen LogP contribution < -0.4 is 0 Å².